The molecule has 6 nitrogen and oxygen atoms in total. The standard InChI is InChI=1S/C17H21FN4O2/c1-12(16(23)19-2)11-21(3)17(24)20-15-10-13(6-7-14(15)18)22-8-4-5-9-22/h4-10,12H,11H2,1-3H3,(H,19,23)(H,20,24)/t12-/m1/s1. The van der Waals surface area contributed by atoms with E-state index in [9.17, 15) is 14.0 Å². The fourth-order valence-electron chi connectivity index (χ4n) is 2.31. The van der Waals surface area contributed by atoms with Crippen LogP contribution in [0.1, 0.15) is 6.92 Å². The topological polar surface area (TPSA) is 66.4 Å². The molecular weight excluding hydrogens is 311 g/mol. The average molecular weight is 332 g/mol. The van der Waals surface area contributed by atoms with Gasteiger partial charge in [0.1, 0.15) is 5.82 Å². The van der Waals surface area contributed by atoms with Crippen molar-refractivity contribution < 1.29 is 14.0 Å². The summed E-state index contributed by atoms with van der Waals surface area (Å²) in [5.41, 5.74) is 0.823. The van der Waals surface area contributed by atoms with Crippen LogP contribution in [-0.2, 0) is 4.79 Å². The zero-order valence-electron chi connectivity index (χ0n) is 13.9. The molecule has 0 unspecified atom stereocenters. The van der Waals surface area contributed by atoms with Gasteiger partial charge in [0.05, 0.1) is 11.6 Å². The van der Waals surface area contributed by atoms with Crippen LogP contribution in [0.4, 0.5) is 14.9 Å². The number of nitrogens with one attached hydrogen (secondary N) is 2. The molecule has 0 aliphatic rings. The predicted octanol–water partition coefficient (Wildman–Crippen LogP) is 2.46. The first kappa shape index (κ1) is 17.5. The molecule has 2 N–H and O–H groups in total. The number of rotatable bonds is 5. The monoisotopic (exact) mass is 332 g/mol. The Labute approximate surface area is 140 Å². The molecule has 2 aromatic rings. The molecule has 1 atom stereocenters. The summed E-state index contributed by atoms with van der Waals surface area (Å²) in [6, 6.07) is 7.73. The number of carbonyl (C=O) groups is 2. The van der Waals surface area contributed by atoms with Crippen molar-refractivity contribution >= 4 is 17.6 Å². The molecule has 0 saturated carbocycles. The maximum Gasteiger partial charge on any atom is 0.321 e. The highest BCUT2D eigenvalue weighted by Gasteiger charge is 2.18. The first-order chi connectivity index (χ1) is 11.4. The van der Waals surface area contributed by atoms with Crippen LogP contribution < -0.4 is 10.6 Å². The van der Waals surface area contributed by atoms with E-state index >= 15 is 0 Å². The van der Waals surface area contributed by atoms with Crippen LogP contribution in [0, 0.1) is 11.7 Å². The Bertz CT molecular complexity index is 715. The van der Waals surface area contributed by atoms with Gasteiger partial charge in [-0.15, -0.1) is 0 Å². The van der Waals surface area contributed by atoms with Gasteiger partial charge in [-0.1, -0.05) is 6.92 Å². The SMILES string of the molecule is CNC(=O)[C@H](C)CN(C)C(=O)Nc1cc(-n2cccc2)ccc1F. The minimum absolute atomic E-state index is 0.0886. The van der Waals surface area contributed by atoms with E-state index in [1.165, 1.54) is 11.0 Å². The highest BCUT2D eigenvalue weighted by atomic mass is 19.1. The Kier molecular flexibility index (Phi) is 5.57. The van der Waals surface area contributed by atoms with Crippen molar-refractivity contribution in [1.82, 2.24) is 14.8 Å². The quantitative estimate of drug-likeness (QED) is 0.883. The van der Waals surface area contributed by atoms with Gasteiger partial charge in [0.2, 0.25) is 5.91 Å². The van der Waals surface area contributed by atoms with Crippen molar-refractivity contribution in [3.05, 3.63) is 48.5 Å². The molecular formula is C17H21FN4O2. The number of hydrogen-bond donors (Lipinski definition) is 2. The Morgan fingerprint density at radius 3 is 2.58 bits per heavy atom. The summed E-state index contributed by atoms with van der Waals surface area (Å²) in [6.45, 7) is 1.94. The van der Waals surface area contributed by atoms with Gasteiger partial charge in [-0.3, -0.25) is 4.79 Å². The van der Waals surface area contributed by atoms with Gasteiger partial charge in [0, 0.05) is 38.7 Å². The van der Waals surface area contributed by atoms with Crippen LogP contribution in [0.3, 0.4) is 0 Å². The lowest BCUT2D eigenvalue weighted by atomic mass is 10.1. The number of hydrogen-bond acceptors (Lipinski definition) is 2. The van der Waals surface area contributed by atoms with E-state index in [2.05, 4.69) is 10.6 Å². The Balaban J connectivity index is 2.08. The molecule has 24 heavy (non-hydrogen) atoms. The van der Waals surface area contributed by atoms with E-state index in [0.717, 1.165) is 5.69 Å². The molecule has 2 rings (SSSR count). The van der Waals surface area contributed by atoms with Gasteiger partial charge < -0.3 is 20.1 Å². The van der Waals surface area contributed by atoms with Crippen LogP contribution in [0.15, 0.2) is 42.7 Å². The highest BCUT2D eigenvalue weighted by molar-refractivity contribution is 5.90. The van der Waals surface area contributed by atoms with Gasteiger partial charge in [-0.2, -0.15) is 0 Å². The number of aromatic nitrogens is 1. The maximum absolute atomic E-state index is 14.0. The molecule has 0 spiro atoms. The summed E-state index contributed by atoms with van der Waals surface area (Å²) in [7, 11) is 3.10. The van der Waals surface area contributed by atoms with Crippen molar-refractivity contribution in [2.45, 2.75) is 6.92 Å². The fourth-order valence-corrected chi connectivity index (χ4v) is 2.31. The molecule has 0 aliphatic carbocycles. The van der Waals surface area contributed by atoms with Crippen molar-refractivity contribution in [3.8, 4) is 5.69 Å². The number of halogens is 1. The summed E-state index contributed by atoms with van der Waals surface area (Å²) < 4.78 is 15.8. The summed E-state index contributed by atoms with van der Waals surface area (Å²) in [4.78, 5) is 25.1. The Morgan fingerprint density at radius 1 is 1.29 bits per heavy atom. The molecule has 1 aromatic heterocycles. The lowest BCUT2D eigenvalue weighted by Gasteiger charge is -2.21. The number of carbonyl (C=O) groups excluding carboxylic acids is 2. The molecule has 7 heteroatoms. The molecule has 0 bridgehead atoms. The van der Waals surface area contributed by atoms with E-state index in [4.69, 9.17) is 0 Å². The second-order valence-electron chi connectivity index (χ2n) is 5.58. The first-order valence-corrected chi connectivity index (χ1v) is 7.59. The van der Waals surface area contributed by atoms with Gasteiger partial charge in [-0.25, -0.2) is 9.18 Å². The summed E-state index contributed by atoms with van der Waals surface area (Å²) in [5.74, 6) is -1.04. The van der Waals surface area contributed by atoms with Gasteiger partial charge in [0.15, 0.2) is 0 Å². The third kappa shape index (κ3) is 4.13. The van der Waals surface area contributed by atoms with Crippen molar-refractivity contribution in [3.63, 3.8) is 0 Å². The normalized spacial score (nSPS) is 11.7. The summed E-state index contributed by atoms with van der Waals surface area (Å²) >= 11 is 0. The maximum atomic E-state index is 14.0. The number of anilines is 1. The molecule has 0 aliphatic heterocycles. The van der Waals surface area contributed by atoms with E-state index < -0.39 is 11.8 Å². The molecule has 1 aromatic carbocycles. The number of benzene rings is 1. The molecule has 0 radical (unpaired) electrons. The highest BCUT2D eigenvalue weighted by Crippen LogP contribution is 2.19. The summed E-state index contributed by atoms with van der Waals surface area (Å²) in [5, 5.41) is 5.07. The molecule has 0 fully saturated rings. The number of nitrogens with zero attached hydrogens (tertiary/aromatic N) is 2. The number of urea groups is 1. The van der Waals surface area contributed by atoms with Crippen molar-refractivity contribution in [1.29, 1.82) is 0 Å². The Morgan fingerprint density at radius 2 is 1.96 bits per heavy atom. The second-order valence-corrected chi connectivity index (χ2v) is 5.58. The van der Waals surface area contributed by atoms with E-state index in [1.807, 2.05) is 29.1 Å². The zero-order valence-corrected chi connectivity index (χ0v) is 13.9. The van der Waals surface area contributed by atoms with Gasteiger partial charge in [0.25, 0.3) is 0 Å². The average Bonchev–Trinajstić information content (AvgIpc) is 3.10. The first-order valence-electron chi connectivity index (χ1n) is 7.59. The molecule has 0 saturated heterocycles. The fraction of sp³-hybridized carbons (Fsp3) is 0.294. The lowest BCUT2D eigenvalue weighted by molar-refractivity contribution is -0.124. The van der Waals surface area contributed by atoms with Crippen LogP contribution >= 0.6 is 0 Å². The largest absolute Gasteiger partial charge is 0.359 e. The van der Waals surface area contributed by atoms with E-state index in [-0.39, 0.29) is 24.1 Å². The second kappa shape index (κ2) is 7.63. The number of amides is 3. The van der Waals surface area contributed by atoms with E-state index in [1.54, 1.807) is 33.2 Å². The lowest BCUT2D eigenvalue weighted by Crippen LogP contribution is -2.39. The zero-order chi connectivity index (χ0) is 17.7. The third-order valence-corrected chi connectivity index (χ3v) is 3.68. The minimum Gasteiger partial charge on any atom is -0.359 e. The van der Waals surface area contributed by atoms with Crippen LogP contribution in [0.2, 0.25) is 0 Å². The smallest absolute Gasteiger partial charge is 0.321 e. The molecule has 1 heterocycles. The molecule has 3 amide bonds. The van der Waals surface area contributed by atoms with Crippen LogP contribution in [0.5, 0.6) is 0 Å². The summed E-state index contributed by atoms with van der Waals surface area (Å²) in [6.07, 6.45) is 3.66. The van der Waals surface area contributed by atoms with Crippen molar-refractivity contribution in [2.75, 3.05) is 26.0 Å². The molecule has 128 valence electrons. The minimum atomic E-state index is -0.521. The van der Waals surface area contributed by atoms with E-state index in [0.29, 0.717) is 0 Å². The Hall–Kier alpha value is -2.83. The van der Waals surface area contributed by atoms with Crippen LogP contribution in [-0.4, -0.2) is 42.0 Å². The van der Waals surface area contributed by atoms with Gasteiger partial charge >= 0.3 is 6.03 Å². The predicted molar refractivity (Wildman–Crippen MR) is 90.6 cm³/mol. The van der Waals surface area contributed by atoms with Crippen molar-refractivity contribution in [2.24, 2.45) is 5.92 Å². The van der Waals surface area contributed by atoms with Crippen LogP contribution in [0.25, 0.3) is 5.69 Å². The third-order valence-electron chi connectivity index (χ3n) is 3.68. The van der Waals surface area contributed by atoms with Gasteiger partial charge in [-0.05, 0) is 30.3 Å².